The highest BCUT2D eigenvalue weighted by Crippen LogP contribution is 2.18. The van der Waals surface area contributed by atoms with Crippen molar-refractivity contribution in [1.82, 2.24) is 0 Å². The van der Waals surface area contributed by atoms with Crippen LogP contribution in [0.25, 0.3) is 0 Å². The van der Waals surface area contributed by atoms with Gasteiger partial charge in [0.1, 0.15) is 5.78 Å². The van der Waals surface area contributed by atoms with Gasteiger partial charge in [0.05, 0.1) is 10.7 Å². The first kappa shape index (κ1) is 9.82. The lowest BCUT2D eigenvalue weighted by Gasteiger charge is -2.17. The van der Waals surface area contributed by atoms with Crippen molar-refractivity contribution in [3.63, 3.8) is 0 Å². The molecule has 0 amide bonds. The van der Waals surface area contributed by atoms with Crippen LogP contribution < -0.4 is 0 Å². The Morgan fingerprint density at radius 1 is 1.40 bits per heavy atom. The minimum atomic E-state index is -0.816. The largest absolute Gasteiger partial charge is 0.299 e. The monoisotopic (exact) mass is 206 g/mol. The molecule has 0 bridgehead atoms. The van der Waals surface area contributed by atoms with Crippen LogP contribution in [0.5, 0.6) is 0 Å². The summed E-state index contributed by atoms with van der Waals surface area (Å²) in [5.41, 5.74) is -0.816. The lowest BCUT2D eigenvalue weighted by Crippen LogP contribution is -2.32. The van der Waals surface area contributed by atoms with Crippen LogP contribution in [0.2, 0.25) is 0 Å². The average Bonchev–Trinajstić information content (AvgIpc) is 1.86. The van der Waals surface area contributed by atoms with E-state index in [-0.39, 0.29) is 16.9 Å². The second kappa shape index (κ2) is 3.28. The van der Waals surface area contributed by atoms with E-state index < -0.39 is 5.41 Å². The number of rotatable bonds is 3. The maximum Gasteiger partial charge on any atom is 0.156 e. The minimum absolute atomic E-state index is 0.0694. The van der Waals surface area contributed by atoms with E-state index in [0.29, 0.717) is 0 Å². The molecule has 3 heteroatoms. The first-order chi connectivity index (χ1) is 4.42. The molecule has 0 aromatic carbocycles. The van der Waals surface area contributed by atoms with E-state index in [9.17, 15) is 9.59 Å². The van der Waals surface area contributed by atoms with Crippen molar-refractivity contribution < 1.29 is 9.59 Å². The topological polar surface area (TPSA) is 34.1 Å². The Morgan fingerprint density at radius 2 is 1.80 bits per heavy atom. The average molecular weight is 207 g/mol. The fourth-order valence-corrected chi connectivity index (χ4v) is 1.06. The molecule has 0 radical (unpaired) electrons. The highest BCUT2D eigenvalue weighted by Gasteiger charge is 2.30. The highest BCUT2D eigenvalue weighted by atomic mass is 79.9. The molecule has 0 aromatic rings. The standard InChI is InChI=1S/C7H11BrO2/c1-5(9)7(2,3)6(10)4-8/h4H2,1-3H3. The molecule has 0 aliphatic heterocycles. The number of ketones is 2. The van der Waals surface area contributed by atoms with Crippen LogP contribution in [0.4, 0.5) is 0 Å². The molecule has 0 aliphatic rings. The summed E-state index contributed by atoms with van der Waals surface area (Å²) in [6.07, 6.45) is 0. The smallest absolute Gasteiger partial charge is 0.156 e. The Labute approximate surface area is 69.1 Å². The zero-order chi connectivity index (χ0) is 8.36. The molecule has 0 saturated heterocycles. The Hall–Kier alpha value is -0.180. The van der Waals surface area contributed by atoms with E-state index in [1.54, 1.807) is 13.8 Å². The maximum atomic E-state index is 11.0. The van der Waals surface area contributed by atoms with Gasteiger partial charge in [-0.15, -0.1) is 0 Å². The molecule has 58 valence electrons. The summed E-state index contributed by atoms with van der Waals surface area (Å²) in [4.78, 5) is 21.8. The number of halogens is 1. The third kappa shape index (κ3) is 1.90. The first-order valence-corrected chi connectivity index (χ1v) is 4.15. The molecule has 0 aromatic heterocycles. The van der Waals surface area contributed by atoms with Crippen LogP contribution in [-0.4, -0.2) is 16.9 Å². The molecule has 0 aliphatic carbocycles. The van der Waals surface area contributed by atoms with E-state index in [0.717, 1.165) is 0 Å². The summed E-state index contributed by atoms with van der Waals surface area (Å²) in [5, 5.41) is 0.250. The van der Waals surface area contributed by atoms with Crippen molar-refractivity contribution in [2.24, 2.45) is 5.41 Å². The van der Waals surface area contributed by atoms with Crippen LogP contribution in [0, 0.1) is 5.41 Å². The Morgan fingerprint density at radius 3 is 1.90 bits per heavy atom. The number of carbonyl (C=O) groups is 2. The quantitative estimate of drug-likeness (QED) is 0.519. The molecule has 0 N–H and O–H groups in total. The summed E-state index contributed by atoms with van der Waals surface area (Å²) < 4.78 is 0. The molecule has 0 spiro atoms. The second-order valence-electron chi connectivity index (χ2n) is 2.74. The zero-order valence-electron chi connectivity index (χ0n) is 6.40. The molecule has 0 atom stereocenters. The lowest BCUT2D eigenvalue weighted by molar-refractivity contribution is -0.135. The van der Waals surface area contributed by atoms with Crippen LogP contribution in [-0.2, 0) is 9.59 Å². The van der Waals surface area contributed by atoms with Crippen LogP contribution in [0.3, 0.4) is 0 Å². The highest BCUT2D eigenvalue weighted by molar-refractivity contribution is 9.09. The summed E-state index contributed by atoms with van der Waals surface area (Å²) in [5.74, 6) is -0.156. The van der Waals surface area contributed by atoms with E-state index in [2.05, 4.69) is 15.9 Å². The normalized spacial score (nSPS) is 11.2. The molecule has 0 fully saturated rings. The predicted octanol–water partition coefficient (Wildman–Crippen LogP) is 1.57. The molecule has 0 saturated carbocycles. The van der Waals surface area contributed by atoms with Gasteiger partial charge in [-0.05, 0) is 20.8 Å². The zero-order valence-corrected chi connectivity index (χ0v) is 7.99. The SMILES string of the molecule is CC(=O)C(C)(C)C(=O)CBr. The first-order valence-electron chi connectivity index (χ1n) is 3.03. The molecule has 2 nitrogen and oxygen atoms in total. The van der Waals surface area contributed by atoms with Gasteiger partial charge in [0, 0.05) is 0 Å². The van der Waals surface area contributed by atoms with Gasteiger partial charge < -0.3 is 0 Å². The minimum Gasteiger partial charge on any atom is -0.299 e. The van der Waals surface area contributed by atoms with Gasteiger partial charge in [0.15, 0.2) is 5.78 Å². The second-order valence-corrected chi connectivity index (χ2v) is 3.30. The summed E-state index contributed by atoms with van der Waals surface area (Å²) in [7, 11) is 0. The van der Waals surface area contributed by atoms with Crippen molar-refractivity contribution >= 4 is 27.5 Å². The summed E-state index contributed by atoms with van der Waals surface area (Å²) in [6, 6.07) is 0. The lowest BCUT2D eigenvalue weighted by atomic mass is 9.85. The Bertz CT molecular complexity index is 161. The van der Waals surface area contributed by atoms with Crippen LogP contribution in [0.1, 0.15) is 20.8 Å². The Balaban J connectivity index is 4.40. The number of Topliss-reactive ketones (excluding diaryl/α,β-unsaturated/α-hetero) is 2. The van der Waals surface area contributed by atoms with Crippen molar-refractivity contribution in [3.8, 4) is 0 Å². The van der Waals surface area contributed by atoms with Gasteiger partial charge in [-0.3, -0.25) is 9.59 Å². The van der Waals surface area contributed by atoms with Crippen molar-refractivity contribution in [1.29, 1.82) is 0 Å². The van der Waals surface area contributed by atoms with Gasteiger partial charge in [-0.1, -0.05) is 15.9 Å². The molecule has 10 heavy (non-hydrogen) atoms. The van der Waals surface area contributed by atoms with E-state index >= 15 is 0 Å². The maximum absolute atomic E-state index is 11.0. The molecule has 0 rings (SSSR count). The molecule has 0 unspecified atom stereocenters. The van der Waals surface area contributed by atoms with Crippen LogP contribution >= 0.6 is 15.9 Å². The van der Waals surface area contributed by atoms with Gasteiger partial charge in [0.25, 0.3) is 0 Å². The van der Waals surface area contributed by atoms with Crippen molar-refractivity contribution in [2.45, 2.75) is 20.8 Å². The number of hydrogen-bond donors (Lipinski definition) is 0. The summed E-state index contributed by atoms with van der Waals surface area (Å²) in [6.45, 7) is 4.71. The Kier molecular flexibility index (Phi) is 3.22. The third-order valence-electron chi connectivity index (χ3n) is 1.70. The van der Waals surface area contributed by atoms with E-state index in [4.69, 9.17) is 0 Å². The van der Waals surface area contributed by atoms with E-state index in [1.165, 1.54) is 6.92 Å². The number of alkyl halides is 1. The van der Waals surface area contributed by atoms with Gasteiger partial charge >= 0.3 is 0 Å². The van der Waals surface area contributed by atoms with E-state index in [1.807, 2.05) is 0 Å². The van der Waals surface area contributed by atoms with Crippen LogP contribution in [0.15, 0.2) is 0 Å². The van der Waals surface area contributed by atoms with Gasteiger partial charge in [-0.25, -0.2) is 0 Å². The molecular formula is C7H11BrO2. The van der Waals surface area contributed by atoms with Gasteiger partial charge in [0.2, 0.25) is 0 Å². The fraction of sp³-hybridized carbons (Fsp3) is 0.714. The predicted molar refractivity (Wildman–Crippen MR) is 43.3 cm³/mol. The van der Waals surface area contributed by atoms with Crippen molar-refractivity contribution in [3.05, 3.63) is 0 Å². The molecule has 0 heterocycles. The number of carbonyl (C=O) groups excluding carboxylic acids is 2. The fourth-order valence-electron chi connectivity index (χ4n) is 0.363. The van der Waals surface area contributed by atoms with Crippen molar-refractivity contribution in [2.75, 3.05) is 5.33 Å². The molecular weight excluding hydrogens is 196 g/mol. The van der Waals surface area contributed by atoms with Gasteiger partial charge in [-0.2, -0.15) is 0 Å². The number of hydrogen-bond acceptors (Lipinski definition) is 2. The third-order valence-corrected chi connectivity index (χ3v) is 2.21. The summed E-state index contributed by atoms with van der Waals surface area (Å²) >= 11 is 3.02.